The number of pyridine rings is 1. The van der Waals surface area contributed by atoms with Gasteiger partial charge in [0.1, 0.15) is 0 Å². The first kappa shape index (κ1) is 13.8. The Labute approximate surface area is 109 Å². The molecule has 0 amide bonds. The van der Waals surface area contributed by atoms with Gasteiger partial charge in [0, 0.05) is 18.2 Å². The van der Waals surface area contributed by atoms with Crippen LogP contribution in [0.4, 0.5) is 13.2 Å². The van der Waals surface area contributed by atoms with E-state index in [9.17, 15) is 13.2 Å². The van der Waals surface area contributed by atoms with Crippen LogP contribution in [0.3, 0.4) is 0 Å². The molecule has 0 aliphatic heterocycles. The van der Waals surface area contributed by atoms with Crippen molar-refractivity contribution in [1.82, 2.24) is 14.8 Å². The molecule has 0 bridgehead atoms. The third-order valence-electron chi connectivity index (χ3n) is 3.04. The third kappa shape index (κ3) is 2.31. The standard InChI is InChI=1S/C13H16F3N3/c1-7-10-8(13(14,15)16)6-9(12(2,3)4)17-11(10)19(5)18-7/h6H,1-5H3. The quantitative estimate of drug-likeness (QED) is 0.733. The van der Waals surface area contributed by atoms with Crippen LogP contribution in [0.5, 0.6) is 0 Å². The second kappa shape index (κ2) is 3.95. The second-order valence-electron chi connectivity index (χ2n) is 5.71. The lowest BCUT2D eigenvalue weighted by atomic mass is 9.90. The van der Waals surface area contributed by atoms with Gasteiger partial charge in [0.15, 0.2) is 5.65 Å². The van der Waals surface area contributed by atoms with E-state index in [1.54, 1.807) is 14.0 Å². The SMILES string of the molecule is Cc1nn(C)c2nc(C(C)(C)C)cc(C(F)(F)F)c12. The molecular formula is C13H16F3N3. The summed E-state index contributed by atoms with van der Waals surface area (Å²) in [5.74, 6) is 0. The topological polar surface area (TPSA) is 30.7 Å². The Balaban J connectivity index is 2.91. The van der Waals surface area contributed by atoms with E-state index in [0.29, 0.717) is 11.4 Å². The third-order valence-corrected chi connectivity index (χ3v) is 3.04. The van der Waals surface area contributed by atoms with Gasteiger partial charge >= 0.3 is 6.18 Å². The molecule has 0 radical (unpaired) electrons. The Morgan fingerprint density at radius 2 is 1.74 bits per heavy atom. The van der Waals surface area contributed by atoms with Gasteiger partial charge in [-0.25, -0.2) is 4.98 Å². The summed E-state index contributed by atoms with van der Waals surface area (Å²) >= 11 is 0. The first-order valence-corrected chi connectivity index (χ1v) is 5.94. The molecule has 0 fully saturated rings. The van der Waals surface area contributed by atoms with Crippen LogP contribution in [0.15, 0.2) is 6.07 Å². The molecule has 2 rings (SSSR count). The van der Waals surface area contributed by atoms with E-state index < -0.39 is 17.2 Å². The lowest BCUT2D eigenvalue weighted by Gasteiger charge is -2.20. The molecule has 0 aliphatic rings. The maximum Gasteiger partial charge on any atom is 0.417 e. The fourth-order valence-corrected chi connectivity index (χ4v) is 2.05. The van der Waals surface area contributed by atoms with Gasteiger partial charge in [-0.05, 0) is 13.0 Å². The van der Waals surface area contributed by atoms with Crippen LogP contribution < -0.4 is 0 Å². The summed E-state index contributed by atoms with van der Waals surface area (Å²) in [5, 5.41) is 4.13. The molecule has 2 heterocycles. The highest BCUT2D eigenvalue weighted by Crippen LogP contribution is 2.37. The van der Waals surface area contributed by atoms with Crippen molar-refractivity contribution in [3.8, 4) is 0 Å². The molecule has 2 aromatic heterocycles. The fourth-order valence-electron chi connectivity index (χ4n) is 2.05. The van der Waals surface area contributed by atoms with Crippen LogP contribution >= 0.6 is 0 Å². The van der Waals surface area contributed by atoms with Crippen molar-refractivity contribution in [3.63, 3.8) is 0 Å². The molecule has 0 aliphatic carbocycles. The van der Waals surface area contributed by atoms with Gasteiger partial charge in [0.25, 0.3) is 0 Å². The smallest absolute Gasteiger partial charge is 0.250 e. The van der Waals surface area contributed by atoms with Crippen LogP contribution in [0, 0.1) is 6.92 Å². The summed E-state index contributed by atoms with van der Waals surface area (Å²) in [6.45, 7) is 7.08. The Kier molecular flexibility index (Phi) is 2.88. The molecule has 0 saturated carbocycles. The highest BCUT2D eigenvalue weighted by Gasteiger charge is 2.36. The molecule has 0 atom stereocenters. The predicted octanol–water partition coefficient (Wildman–Crippen LogP) is 3.59. The van der Waals surface area contributed by atoms with Gasteiger partial charge in [-0.1, -0.05) is 20.8 Å². The number of halogens is 3. The van der Waals surface area contributed by atoms with Crippen molar-refractivity contribution >= 4 is 11.0 Å². The van der Waals surface area contributed by atoms with Crippen LogP contribution in [-0.4, -0.2) is 14.8 Å². The Bertz CT molecular complexity index is 633. The van der Waals surface area contributed by atoms with Crippen molar-refractivity contribution in [2.45, 2.75) is 39.3 Å². The van der Waals surface area contributed by atoms with Gasteiger partial charge in [-0.2, -0.15) is 18.3 Å². The maximum atomic E-state index is 13.2. The first-order chi connectivity index (χ1) is 8.51. The minimum atomic E-state index is -4.41. The van der Waals surface area contributed by atoms with Crippen molar-refractivity contribution < 1.29 is 13.2 Å². The largest absolute Gasteiger partial charge is 0.417 e. The van der Waals surface area contributed by atoms with E-state index in [1.165, 1.54) is 4.68 Å². The number of aryl methyl sites for hydroxylation is 2. The van der Waals surface area contributed by atoms with Crippen LogP contribution in [-0.2, 0) is 18.6 Å². The normalized spacial score (nSPS) is 13.3. The predicted molar refractivity (Wildman–Crippen MR) is 66.9 cm³/mol. The van der Waals surface area contributed by atoms with Crippen molar-refractivity contribution in [2.75, 3.05) is 0 Å². The number of hydrogen-bond donors (Lipinski definition) is 0. The summed E-state index contributed by atoms with van der Waals surface area (Å²) in [6, 6.07) is 1.14. The molecule has 104 valence electrons. The van der Waals surface area contributed by atoms with Crippen molar-refractivity contribution in [2.24, 2.45) is 7.05 Å². The lowest BCUT2D eigenvalue weighted by molar-refractivity contribution is -0.136. The molecule has 0 aromatic carbocycles. The number of aromatic nitrogens is 3. The Morgan fingerprint density at radius 3 is 2.21 bits per heavy atom. The number of hydrogen-bond acceptors (Lipinski definition) is 2. The lowest BCUT2D eigenvalue weighted by Crippen LogP contribution is -2.17. The minimum absolute atomic E-state index is 0.0861. The molecular weight excluding hydrogens is 255 g/mol. The summed E-state index contributed by atoms with van der Waals surface area (Å²) in [4.78, 5) is 4.34. The van der Waals surface area contributed by atoms with Gasteiger partial charge in [0.05, 0.1) is 16.6 Å². The zero-order valence-corrected chi connectivity index (χ0v) is 11.6. The highest BCUT2D eigenvalue weighted by molar-refractivity contribution is 5.83. The van der Waals surface area contributed by atoms with Crippen molar-refractivity contribution in [1.29, 1.82) is 0 Å². The van der Waals surface area contributed by atoms with Gasteiger partial charge in [-0.3, -0.25) is 4.68 Å². The van der Waals surface area contributed by atoms with Crippen LogP contribution in [0.25, 0.3) is 11.0 Å². The Hall–Kier alpha value is -1.59. The van der Waals surface area contributed by atoms with Gasteiger partial charge in [-0.15, -0.1) is 0 Å². The zero-order valence-electron chi connectivity index (χ0n) is 11.6. The number of alkyl halides is 3. The summed E-state index contributed by atoms with van der Waals surface area (Å²) in [5.41, 5.74) is -0.0785. The summed E-state index contributed by atoms with van der Waals surface area (Å²) < 4.78 is 41.0. The van der Waals surface area contributed by atoms with E-state index >= 15 is 0 Å². The molecule has 0 spiro atoms. The van der Waals surface area contributed by atoms with E-state index in [1.807, 2.05) is 20.8 Å². The molecule has 0 N–H and O–H groups in total. The average Bonchev–Trinajstić information content (AvgIpc) is 2.51. The van der Waals surface area contributed by atoms with E-state index in [-0.39, 0.29) is 11.0 Å². The summed E-state index contributed by atoms with van der Waals surface area (Å²) in [6.07, 6.45) is -4.41. The number of fused-ring (bicyclic) bond motifs is 1. The molecule has 2 aromatic rings. The molecule has 3 nitrogen and oxygen atoms in total. The van der Waals surface area contributed by atoms with E-state index in [4.69, 9.17) is 0 Å². The summed E-state index contributed by atoms with van der Waals surface area (Å²) in [7, 11) is 1.61. The maximum absolute atomic E-state index is 13.2. The highest BCUT2D eigenvalue weighted by atomic mass is 19.4. The van der Waals surface area contributed by atoms with Gasteiger partial charge in [0.2, 0.25) is 0 Å². The number of rotatable bonds is 0. The van der Waals surface area contributed by atoms with Crippen LogP contribution in [0.2, 0.25) is 0 Å². The average molecular weight is 271 g/mol. The molecule has 0 saturated heterocycles. The van der Waals surface area contributed by atoms with Crippen LogP contribution in [0.1, 0.15) is 37.7 Å². The molecule has 19 heavy (non-hydrogen) atoms. The Morgan fingerprint density at radius 1 is 1.16 bits per heavy atom. The monoisotopic (exact) mass is 271 g/mol. The molecule has 0 unspecified atom stereocenters. The zero-order chi connectivity index (χ0) is 14.6. The van der Waals surface area contributed by atoms with Gasteiger partial charge < -0.3 is 0 Å². The van der Waals surface area contributed by atoms with E-state index in [2.05, 4.69) is 10.1 Å². The second-order valence-corrected chi connectivity index (χ2v) is 5.71. The number of nitrogens with zero attached hydrogens (tertiary/aromatic N) is 3. The molecule has 6 heteroatoms. The minimum Gasteiger partial charge on any atom is -0.250 e. The van der Waals surface area contributed by atoms with E-state index in [0.717, 1.165) is 6.07 Å². The first-order valence-electron chi connectivity index (χ1n) is 5.94. The fraction of sp³-hybridized carbons (Fsp3) is 0.538. The van der Waals surface area contributed by atoms with Crippen molar-refractivity contribution in [3.05, 3.63) is 23.0 Å².